The van der Waals surface area contributed by atoms with Gasteiger partial charge in [0.15, 0.2) is 11.5 Å². The summed E-state index contributed by atoms with van der Waals surface area (Å²) in [7, 11) is 0. The number of nitrogens with zero attached hydrogens (tertiary/aromatic N) is 2. The zero-order valence-electron chi connectivity index (χ0n) is 14.7. The van der Waals surface area contributed by atoms with E-state index >= 15 is 0 Å². The standard InChI is InChI=1S/C19H24BrN3O3/c20-19-17(5-2-6-21-19)24-12-11-22-7-9-23(10-8-22)15-3-1-4-16-18(15)26-14-13-25-16/h1-5,21H,6-14H2. The van der Waals surface area contributed by atoms with Crippen LogP contribution < -0.4 is 19.7 Å². The lowest BCUT2D eigenvalue weighted by Crippen LogP contribution is -2.47. The van der Waals surface area contributed by atoms with Crippen molar-refractivity contribution in [1.82, 2.24) is 10.2 Å². The molecule has 1 aromatic rings. The van der Waals surface area contributed by atoms with Gasteiger partial charge in [0.1, 0.15) is 30.2 Å². The molecule has 4 rings (SSSR count). The molecule has 0 unspecified atom stereocenters. The normalized spacial score (nSPS) is 20.1. The smallest absolute Gasteiger partial charge is 0.184 e. The molecule has 0 amide bonds. The number of dihydropyridines is 1. The molecule has 140 valence electrons. The van der Waals surface area contributed by atoms with E-state index < -0.39 is 0 Å². The Morgan fingerprint density at radius 2 is 1.96 bits per heavy atom. The molecule has 0 saturated carbocycles. The number of anilines is 1. The second kappa shape index (κ2) is 8.22. The molecule has 3 aliphatic rings. The highest BCUT2D eigenvalue weighted by atomic mass is 79.9. The maximum Gasteiger partial charge on any atom is 0.184 e. The van der Waals surface area contributed by atoms with E-state index in [1.165, 1.54) is 0 Å². The van der Waals surface area contributed by atoms with Gasteiger partial charge in [-0.05, 0) is 34.1 Å². The summed E-state index contributed by atoms with van der Waals surface area (Å²) in [5.41, 5.74) is 1.14. The van der Waals surface area contributed by atoms with Crippen LogP contribution in [0, 0.1) is 0 Å². The Hall–Kier alpha value is -1.86. The Labute approximate surface area is 162 Å². The minimum absolute atomic E-state index is 0.621. The summed E-state index contributed by atoms with van der Waals surface area (Å²) in [6.07, 6.45) is 4.07. The van der Waals surface area contributed by atoms with Crippen LogP contribution in [0.3, 0.4) is 0 Å². The third-order valence-electron chi connectivity index (χ3n) is 4.78. The molecular formula is C19H24BrN3O3. The summed E-state index contributed by atoms with van der Waals surface area (Å²) < 4.78 is 18.4. The van der Waals surface area contributed by atoms with Gasteiger partial charge in [-0.3, -0.25) is 4.90 Å². The van der Waals surface area contributed by atoms with Gasteiger partial charge in [0, 0.05) is 39.3 Å². The average Bonchev–Trinajstić information content (AvgIpc) is 2.70. The van der Waals surface area contributed by atoms with E-state index in [0.29, 0.717) is 19.8 Å². The molecule has 1 aromatic carbocycles. The van der Waals surface area contributed by atoms with Crippen LogP contribution >= 0.6 is 15.9 Å². The number of benzene rings is 1. The molecule has 1 saturated heterocycles. The zero-order valence-corrected chi connectivity index (χ0v) is 16.3. The Bertz CT molecular complexity index is 699. The Kier molecular flexibility index (Phi) is 5.55. The first-order valence-corrected chi connectivity index (χ1v) is 9.89. The maximum atomic E-state index is 5.88. The van der Waals surface area contributed by atoms with Gasteiger partial charge in [-0.1, -0.05) is 12.1 Å². The number of ether oxygens (including phenoxy) is 3. The first-order valence-electron chi connectivity index (χ1n) is 9.10. The summed E-state index contributed by atoms with van der Waals surface area (Å²) >= 11 is 3.49. The molecule has 1 fully saturated rings. The van der Waals surface area contributed by atoms with Gasteiger partial charge in [-0.2, -0.15) is 0 Å². The van der Waals surface area contributed by atoms with Gasteiger partial charge < -0.3 is 24.4 Å². The lowest BCUT2D eigenvalue weighted by atomic mass is 10.2. The highest BCUT2D eigenvalue weighted by molar-refractivity contribution is 9.11. The van der Waals surface area contributed by atoms with Crippen molar-refractivity contribution < 1.29 is 14.2 Å². The van der Waals surface area contributed by atoms with Gasteiger partial charge in [0.25, 0.3) is 0 Å². The molecule has 1 N–H and O–H groups in total. The fourth-order valence-corrected chi connectivity index (χ4v) is 3.80. The van der Waals surface area contributed by atoms with E-state index in [1.807, 2.05) is 18.2 Å². The van der Waals surface area contributed by atoms with Crippen molar-refractivity contribution >= 4 is 21.6 Å². The van der Waals surface area contributed by atoms with Crippen LogP contribution in [0.15, 0.2) is 40.7 Å². The van der Waals surface area contributed by atoms with Crippen molar-refractivity contribution in [3.05, 3.63) is 40.7 Å². The Morgan fingerprint density at radius 1 is 1.12 bits per heavy atom. The molecule has 0 radical (unpaired) electrons. The third-order valence-corrected chi connectivity index (χ3v) is 5.46. The van der Waals surface area contributed by atoms with Crippen molar-refractivity contribution in [3.63, 3.8) is 0 Å². The van der Waals surface area contributed by atoms with Crippen molar-refractivity contribution in [3.8, 4) is 11.5 Å². The van der Waals surface area contributed by atoms with Gasteiger partial charge in [0.05, 0.1) is 5.69 Å². The molecular weight excluding hydrogens is 398 g/mol. The maximum absolute atomic E-state index is 5.88. The first kappa shape index (κ1) is 17.5. The first-order chi connectivity index (χ1) is 12.8. The van der Waals surface area contributed by atoms with Crippen LogP contribution in [0.1, 0.15) is 0 Å². The highest BCUT2D eigenvalue weighted by Gasteiger charge is 2.23. The number of allylic oxidation sites excluding steroid dienone is 1. The molecule has 3 heterocycles. The molecule has 3 aliphatic heterocycles. The van der Waals surface area contributed by atoms with E-state index in [2.05, 4.69) is 43.2 Å². The van der Waals surface area contributed by atoms with E-state index in [0.717, 1.165) is 66.8 Å². The summed E-state index contributed by atoms with van der Waals surface area (Å²) in [5, 5.41) is 3.21. The van der Waals surface area contributed by atoms with Gasteiger partial charge in [-0.15, -0.1) is 0 Å². The van der Waals surface area contributed by atoms with Crippen LogP contribution in [-0.2, 0) is 4.74 Å². The van der Waals surface area contributed by atoms with E-state index in [1.54, 1.807) is 0 Å². The predicted octanol–water partition coefficient (Wildman–Crippen LogP) is 2.32. The van der Waals surface area contributed by atoms with Crippen LogP contribution in [0.4, 0.5) is 5.69 Å². The molecule has 0 aromatic heterocycles. The molecule has 0 aliphatic carbocycles. The number of rotatable bonds is 5. The number of nitrogens with one attached hydrogen (secondary N) is 1. The van der Waals surface area contributed by atoms with Gasteiger partial charge >= 0.3 is 0 Å². The summed E-state index contributed by atoms with van der Waals surface area (Å²) in [5.74, 6) is 2.63. The molecule has 0 bridgehead atoms. The fourth-order valence-electron chi connectivity index (χ4n) is 3.39. The number of hydrogen-bond donors (Lipinski definition) is 1. The number of hydrogen-bond acceptors (Lipinski definition) is 6. The Morgan fingerprint density at radius 3 is 2.81 bits per heavy atom. The molecule has 6 nitrogen and oxygen atoms in total. The van der Waals surface area contributed by atoms with E-state index in [9.17, 15) is 0 Å². The summed E-state index contributed by atoms with van der Waals surface area (Å²) in [6, 6.07) is 6.14. The second-order valence-corrected chi connectivity index (χ2v) is 7.23. The molecule has 0 atom stereocenters. The fraction of sp³-hybridized carbons (Fsp3) is 0.474. The number of halogens is 1. The quantitative estimate of drug-likeness (QED) is 0.736. The number of piperazine rings is 1. The predicted molar refractivity (Wildman–Crippen MR) is 105 cm³/mol. The minimum atomic E-state index is 0.621. The topological polar surface area (TPSA) is 46.2 Å². The monoisotopic (exact) mass is 421 g/mol. The largest absolute Gasteiger partial charge is 0.490 e. The van der Waals surface area contributed by atoms with Crippen molar-refractivity contribution in [1.29, 1.82) is 0 Å². The SMILES string of the molecule is BrC1=C(OCCN2CCN(c3cccc4c3OCCO4)CC2)C=CCN1. The third kappa shape index (κ3) is 3.94. The van der Waals surface area contributed by atoms with Crippen molar-refractivity contribution in [2.24, 2.45) is 0 Å². The summed E-state index contributed by atoms with van der Waals surface area (Å²) in [6.45, 7) is 7.70. The molecule has 0 spiro atoms. The van der Waals surface area contributed by atoms with Crippen LogP contribution in [0.25, 0.3) is 0 Å². The lowest BCUT2D eigenvalue weighted by molar-refractivity contribution is 0.156. The van der Waals surface area contributed by atoms with Gasteiger partial charge in [-0.25, -0.2) is 0 Å². The Balaban J connectivity index is 1.28. The van der Waals surface area contributed by atoms with Crippen LogP contribution in [0.5, 0.6) is 11.5 Å². The molecule has 26 heavy (non-hydrogen) atoms. The second-order valence-electron chi connectivity index (χ2n) is 6.44. The van der Waals surface area contributed by atoms with E-state index in [4.69, 9.17) is 14.2 Å². The van der Waals surface area contributed by atoms with Crippen LogP contribution in [-0.4, -0.2) is 64.0 Å². The highest BCUT2D eigenvalue weighted by Crippen LogP contribution is 2.39. The summed E-state index contributed by atoms with van der Waals surface area (Å²) in [4.78, 5) is 4.83. The van der Waals surface area contributed by atoms with Crippen LogP contribution in [0.2, 0.25) is 0 Å². The minimum Gasteiger partial charge on any atom is -0.490 e. The van der Waals surface area contributed by atoms with Crippen molar-refractivity contribution in [2.75, 3.05) is 64.0 Å². The molecule has 7 heteroatoms. The van der Waals surface area contributed by atoms with Gasteiger partial charge in [0.2, 0.25) is 0 Å². The zero-order chi connectivity index (χ0) is 17.8. The van der Waals surface area contributed by atoms with Crippen molar-refractivity contribution in [2.45, 2.75) is 0 Å². The average molecular weight is 422 g/mol. The lowest BCUT2D eigenvalue weighted by Gasteiger charge is -2.37. The number of para-hydroxylation sites is 1. The number of fused-ring (bicyclic) bond motifs is 1. The van der Waals surface area contributed by atoms with E-state index in [-0.39, 0.29) is 0 Å².